The molecule has 0 aromatic heterocycles. The van der Waals surface area contributed by atoms with Gasteiger partial charge in [-0.05, 0) is 72.1 Å². The van der Waals surface area contributed by atoms with Gasteiger partial charge in [-0.1, -0.05) is 35.9 Å². The standard InChI is InChI=1S/C33H31FN2O7/c34-21-3-1-2-17(10-21)15-36-14-16-4-6-18(7-5-16)22-8-9-24(37)27-23(22)12-19-11-20-13-25(38)28(32(35)42)31(41)33(20,43)30(40)26(19)29(27)39/h3-10,19-20,36-37,39,41,43H,1-2,11-15H2,(H2,35,42)/t19-,20+,33+/m1/s1. The summed E-state index contributed by atoms with van der Waals surface area (Å²) in [5.41, 5.74) is 5.89. The largest absolute Gasteiger partial charge is 0.508 e. The number of carbonyl (C=O) groups excluding carboxylic acids is 3. The van der Waals surface area contributed by atoms with Crippen LogP contribution in [0.5, 0.6) is 5.75 Å². The highest BCUT2D eigenvalue weighted by molar-refractivity contribution is 6.22. The van der Waals surface area contributed by atoms with Crippen molar-refractivity contribution in [1.29, 1.82) is 0 Å². The quantitative estimate of drug-likeness (QED) is 0.278. The van der Waals surface area contributed by atoms with E-state index >= 15 is 0 Å². The highest BCUT2D eigenvalue weighted by Crippen LogP contribution is 2.53. The van der Waals surface area contributed by atoms with Gasteiger partial charge in [0, 0.05) is 31.0 Å². The van der Waals surface area contributed by atoms with Crippen LogP contribution in [0.25, 0.3) is 16.9 Å². The Morgan fingerprint density at radius 3 is 2.49 bits per heavy atom. The van der Waals surface area contributed by atoms with Crippen LogP contribution in [0.3, 0.4) is 0 Å². The number of ketones is 2. The first-order valence-corrected chi connectivity index (χ1v) is 14.2. The Hall–Kier alpha value is -4.54. The molecule has 0 bridgehead atoms. The number of phenols is 1. The molecule has 7 N–H and O–H groups in total. The number of benzene rings is 2. The zero-order valence-corrected chi connectivity index (χ0v) is 23.2. The van der Waals surface area contributed by atoms with Gasteiger partial charge < -0.3 is 31.5 Å². The highest BCUT2D eigenvalue weighted by Gasteiger charge is 2.60. The first-order chi connectivity index (χ1) is 20.5. The lowest BCUT2D eigenvalue weighted by molar-refractivity contribution is -0.147. The Bertz CT molecular complexity index is 1700. The number of Topliss-reactive ketones (excluding diaryl/α,β-unsaturated/α-hetero) is 2. The van der Waals surface area contributed by atoms with E-state index in [4.69, 9.17) is 5.73 Å². The molecule has 0 saturated heterocycles. The van der Waals surface area contributed by atoms with Crippen LogP contribution in [0.4, 0.5) is 4.39 Å². The summed E-state index contributed by atoms with van der Waals surface area (Å²) in [5, 5.41) is 47.6. The molecule has 4 aliphatic rings. The number of rotatable bonds is 6. The number of aromatic hydroxyl groups is 1. The van der Waals surface area contributed by atoms with Crippen molar-refractivity contribution in [2.45, 2.75) is 44.2 Å². The SMILES string of the molecule is NC(=O)C1=C(O)[C@@]2(O)C(=O)C3=C(O)c4c(O)ccc(-c5ccc(CNCC6=CC(F)=CCC6)cc5)c4C[C@H]3C[C@H]2CC1=O. The second-order valence-electron chi connectivity index (χ2n) is 11.6. The van der Waals surface area contributed by atoms with Crippen LogP contribution < -0.4 is 11.1 Å². The number of halogens is 1. The number of allylic oxidation sites excluding steroid dienone is 3. The van der Waals surface area contributed by atoms with Crippen molar-refractivity contribution >= 4 is 23.2 Å². The highest BCUT2D eigenvalue weighted by atomic mass is 19.1. The van der Waals surface area contributed by atoms with Crippen molar-refractivity contribution in [2.75, 3.05) is 6.54 Å². The van der Waals surface area contributed by atoms with Crippen LogP contribution in [-0.4, -0.2) is 50.0 Å². The molecular formula is C33H31FN2O7. The fourth-order valence-corrected chi connectivity index (χ4v) is 6.92. The van der Waals surface area contributed by atoms with Gasteiger partial charge in [-0.2, -0.15) is 0 Å². The van der Waals surface area contributed by atoms with Crippen LogP contribution in [0.15, 0.2) is 76.9 Å². The molecule has 0 heterocycles. The van der Waals surface area contributed by atoms with Gasteiger partial charge in [0.2, 0.25) is 5.78 Å². The smallest absolute Gasteiger partial charge is 0.255 e. The zero-order valence-electron chi connectivity index (χ0n) is 23.2. The summed E-state index contributed by atoms with van der Waals surface area (Å²) in [5.74, 6) is -6.75. The van der Waals surface area contributed by atoms with E-state index in [1.54, 1.807) is 18.2 Å². The molecule has 1 fully saturated rings. The summed E-state index contributed by atoms with van der Waals surface area (Å²) < 4.78 is 13.5. The van der Waals surface area contributed by atoms with Crippen LogP contribution >= 0.6 is 0 Å². The second-order valence-corrected chi connectivity index (χ2v) is 11.6. The van der Waals surface area contributed by atoms with Gasteiger partial charge in [0.25, 0.3) is 5.91 Å². The maximum atomic E-state index is 13.7. The molecule has 10 heteroatoms. The third kappa shape index (κ3) is 4.67. The lowest BCUT2D eigenvalue weighted by atomic mass is 9.59. The average Bonchev–Trinajstić information content (AvgIpc) is 2.95. The van der Waals surface area contributed by atoms with Gasteiger partial charge in [0.15, 0.2) is 11.4 Å². The van der Waals surface area contributed by atoms with E-state index in [-0.39, 0.29) is 42.0 Å². The summed E-state index contributed by atoms with van der Waals surface area (Å²) >= 11 is 0. The van der Waals surface area contributed by atoms with Crippen LogP contribution in [0.2, 0.25) is 0 Å². The summed E-state index contributed by atoms with van der Waals surface area (Å²) in [7, 11) is 0. The maximum absolute atomic E-state index is 13.7. The van der Waals surface area contributed by atoms with Gasteiger partial charge in [-0.15, -0.1) is 0 Å². The number of amides is 1. The number of hydrogen-bond acceptors (Lipinski definition) is 8. The molecule has 1 saturated carbocycles. The molecular weight excluding hydrogens is 555 g/mol. The van der Waals surface area contributed by atoms with Crippen LogP contribution in [-0.2, 0) is 27.3 Å². The summed E-state index contributed by atoms with van der Waals surface area (Å²) in [4.78, 5) is 38.1. The number of nitrogens with one attached hydrogen (secondary N) is 1. The van der Waals surface area contributed by atoms with E-state index < -0.39 is 52.0 Å². The number of fused-ring (bicyclic) bond motifs is 3. The van der Waals surface area contributed by atoms with E-state index in [0.717, 1.165) is 28.7 Å². The third-order valence-corrected chi connectivity index (χ3v) is 9.04. The van der Waals surface area contributed by atoms with E-state index in [1.807, 2.05) is 24.3 Å². The molecule has 0 radical (unpaired) electrons. The van der Waals surface area contributed by atoms with Crippen molar-refractivity contribution in [3.05, 3.63) is 93.5 Å². The minimum atomic E-state index is -2.59. The Morgan fingerprint density at radius 1 is 1.05 bits per heavy atom. The monoisotopic (exact) mass is 586 g/mol. The number of primary amides is 1. The molecule has 1 amide bonds. The molecule has 0 unspecified atom stereocenters. The molecule has 2 aromatic rings. The molecule has 9 nitrogen and oxygen atoms in total. The Balaban J connectivity index is 1.31. The van der Waals surface area contributed by atoms with Gasteiger partial charge in [0.05, 0.1) is 5.56 Å². The lowest BCUT2D eigenvalue weighted by Gasteiger charge is -2.46. The fourth-order valence-electron chi connectivity index (χ4n) is 6.92. The number of nitrogens with two attached hydrogens (primary N) is 1. The molecule has 3 atom stereocenters. The van der Waals surface area contributed by atoms with E-state index in [0.29, 0.717) is 25.1 Å². The molecule has 6 rings (SSSR count). The Morgan fingerprint density at radius 2 is 1.79 bits per heavy atom. The van der Waals surface area contributed by atoms with Gasteiger partial charge >= 0.3 is 0 Å². The normalized spacial score (nSPS) is 25.1. The molecule has 43 heavy (non-hydrogen) atoms. The topological polar surface area (TPSA) is 170 Å². The molecule has 222 valence electrons. The maximum Gasteiger partial charge on any atom is 0.255 e. The summed E-state index contributed by atoms with van der Waals surface area (Å²) in [6.45, 7) is 1.16. The van der Waals surface area contributed by atoms with E-state index in [9.17, 15) is 39.2 Å². The number of carbonyl (C=O) groups is 3. The van der Waals surface area contributed by atoms with Gasteiger partial charge in [-0.3, -0.25) is 14.4 Å². The van der Waals surface area contributed by atoms with E-state index in [1.165, 1.54) is 6.07 Å². The van der Waals surface area contributed by atoms with Crippen molar-refractivity contribution in [1.82, 2.24) is 5.32 Å². The van der Waals surface area contributed by atoms with Crippen LogP contribution in [0, 0.1) is 11.8 Å². The fraction of sp³-hybridized carbons (Fsp3) is 0.303. The first kappa shape index (κ1) is 28.6. The van der Waals surface area contributed by atoms with Gasteiger partial charge in [0.1, 0.15) is 28.7 Å². The molecule has 0 aliphatic heterocycles. The van der Waals surface area contributed by atoms with Crippen molar-refractivity contribution in [3.8, 4) is 16.9 Å². The average molecular weight is 587 g/mol. The van der Waals surface area contributed by atoms with Gasteiger partial charge in [-0.25, -0.2) is 4.39 Å². The lowest BCUT2D eigenvalue weighted by Crippen LogP contribution is -2.58. The van der Waals surface area contributed by atoms with Crippen molar-refractivity contribution < 1.29 is 39.2 Å². The first-order valence-electron chi connectivity index (χ1n) is 14.2. The number of phenolic OH excluding ortho intramolecular Hbond substituents is 1. The minimum Gasteiger partial charge on any atom is -0.508 e. The zero-order chi connectivity index (χ0) is 30.6. The Kier molecular flexibility index (Phi) is 7.06. The second kappa shape index (κ2) is 10.6. The van der Waals surface area contributed by atoms with Crippen molar-refractivity contribution in [3.63, 3.8) is 0 Å². The van der Waals surface area contributed by atoms with E-state index in [2.05, 4.69) is 5.32 Å². The number of aliphatic hydroxyl groups is 3. The third-order valence-electron chi connectivity index (χ3n) is 9.04. The minimum absolute atomic E-state index is 0.0532. The molecule has 0 spiro atoms. The Labute approximate surface area is 246 Å². The number of aliphatic hydroxyl groups excluding tert-OH is 2. The van der Waals surface area contributed by atoms with Crippen molar-refractivity contribution in [2.24, 2.45) is 17.6 Å². The molecule has 2 aromatic carbocycles. The predicted octanol–water partition coefficient (Wildman–Crippen LogP) is 3.75. The molecule has 4 aliphatic carbocycles. The van der Waals surface area contributed by atoms with Crippen LogP contribution in [0.1, 0.15) is 42.4 Å². The summed E-state index contributed by atoms with van der Waals surface area (Å²) in [6.07, 6.45) is 4.58. The number of hydrogen-bond donors (Lipinski definition) is 6. The predicted molar refractivity (Wildman–Crippen MR) is 155 cm³/mol. The summed E-state index contributed by atoms with van der Waals surface area (Å²) in [6, 6.07) is 10.9.